The molecule has 1 aromatic heterocycles. The number of nitrogens with zero attached hydrogens (tertiary/aromatic N) is 3. The van der Waals surface area contributed by atoms with E-state index in [9.17, 15) is 10.1 Å². The number of hydrogen-bond acceptors (Lipinski definition) is 5. The Bertz CT molecular complexity index is 1310. The number of hydrogen-bond donors (Lipinski definition) is 0. The van der Waals surface area contributed by atoms with Crippen LogP contribution in [0.25, 0.3) is 11.3 Å². The summed E-state index contributed by atoms with van der Waals surface area (Å²) in [5.41, 5.74) is 4.69. The molecule has 2 heterocycles. The number of benzene rings is 3. The topological polar surface area (TPSA) is 62.8 Å². The first kappa shape index (κ1) is 22.8. The molecule has 0 amide bonds. The molecule has 0 radical (unpaired) electrons. The van der Waals surface area contributed by atoms with Gasteiger partial charge in [-0.05, 0) is 53.9 Å². The van der Waals surface area contributed by atoms with Gasteiger partial charge in [-0.25, -0.2) is 0 Å². The first-order valence-corrected chi connectivity index (χ1v) is 12.0. The maximum atomic E-state index is 10.9. The Kier molecular flexibility index (Phi) is 6.59. The highest BCUT2D eigenvalue weighted by atomic mass is 32.1. The van der Waals surface area contributed by atoms with Crippen molar-refractivity contribution >= 4 is 28.6 Å². The van der Waals surface area contributed by atoms with Crippen LogP contribution in [0.4, 0.5) is 11.4 Å². The lowest BCUT2D eigenvalue weighted by Crippen LogP contribution is -2.48. The summed E-state index contributed by atoms with van der Waals surface area (Å²) in [5.74, 6) is 1.29. The maximum Gasteiger partial charge on any atom is 0.269 e. The second-order valence-corrected chi connectivity index (χ2v) is 8.96. The molecule has 5 rings (SSSR count). The lowest BCUT2D eigenvalue weighted by Gasteiger charge is -2.37. The highest BCUT2D eigenvalue weighted by molar-refractivity contribution is 7.80. The van der Waals surface area contributed by atoms with E-state index in [1.165, 1.54) is 28.9 Å². The summed E-state index contributed by atoms with van der Waals surface area (Å²) in [5, 5.41) is 10.9. The SMILES string of the molecule is O=[N+]([O-])c1ccc(-c2ccc(C(=S)N3CCN(c4ccc(Cc5ccccc5)cc4)CC3)o2)cc1. The molecule has 0 unspecified atom stereocenters. The average molecular weight is 484 g/mol. The van der Waals surface area contributed by atoms with E-state index in [0.717, 1.165) is 38.2 Å². The first-order chi connectivity index (χ1) is 17.1. The Morgan fingerprint density at radius 1 is 0.829 bits per heavy atom. The van der Waals surface area contributed by atoms with Crippen LogP contribution in [0.3, 0.4) is 0 Å². The molecule has 7 heteroatoms. The highest BCUT2D eigenvalue weighted by Gasteiger charge is 2.22. The van der Waals surface area contributed by atoms with Gasteiger partial charge in [-0.15, -0.1) is 0 Å². The van der Waals surface area contributed by atoms with Crippen molar-refractivity contribution in [1.82, 2.24) is 4.90 Å². The van der Waals surface area contributed by atoms with Crippen LogP contribution in [0.5, 0.6) is 0 Å². The molecule has 1 saturated heterocycles. The third kappa shape index (κ3) is 5.25. The number of non-ortho nitro benzene ring substituents is 1. The van der Waals surface area contributed by atoms with Crippen LogP contribution in [0, 0.1) is 10.1 Å². The summed E-state index contributed by atoms with van der Waals surface area (Å²) in [6.45, 7) is 3.40. The molecular formula is C28H25N3O3S. The van der Waals surface area contributed by atoms with Gasteiger partial charge in [-0.2, -0.15) is 0 Å². The molecule has 1 aliphatic heterocycles. The third-order valence-electron chi connectivity index (χ3n) is 6.30. The molecule has 0 saturated carbocycles. The molecular weight excluding hydrogens is 458 g/mol. The Hall–Kier alpha value is -3.97. The minimum atomic E-state index is -0.411. The number of nitro groups is 1. The van der Waals surface area contributed by atoms with Crippen molar-refractivity contribution in [3.8, 4) is 11.3 Å². The second-order valence-electron chi connectivity index (χ2n) is 8.58. The van der Waals surface area contributed by atoms with Crippen molar-refractivity contribution < 1.29 is 9.34 Å². The zero-order chi connectivity index (χ0) is 24.2. The van der Waals surface area contributed by atoms with Gasteiger partial charge in [-0.3, -0.25) is 10.1 Å². The highest BCUT2D eigenvalue weighted by Crippen LogP contribution is 2.26. The fourth-order valence-corrected chi connectivity index (χ4v) is 4.63. The van der Waals surface area contributed by atoms with Gasteiger partial charge in [0.15, 0.2) is 5.76 Å². The van der Waals surface area contributed by atoms with E-state index in [4.69, 9.17) is 16.6 Å². The molecule has 1 aliphatic rings. The molecule has 0 aliphatic carbocycles. The Morgan fingerprint density at radius 2 is 1.49 bits per heavy atom. The van der Waals surface area contributed by atoms with Crippen molar-refractivity contribution in [2.24, 2.45) is 0 Å². The van der Waals surface area contributed by atoms with Gasteiger partial charge in [0.2, 0.25) is 0 Å². The number of thiocarbonyl (C=S) groups is 1. The number of nitro benzene ring substituents is 1. The summed E-state index contributed by atoms with van der Waals surface area (Å²) in [6, 6.07) is 29.4. The smallest absolute Gasteiger partial charge is 0.269 e. The summed E-state index contributed by atoms with van der Waals surface area (Å²) >= 11 is 5.72. The minimum absolute atomic E-state index is 0.0553. The minimum Gasteiger partial charge on any atom is -0.454 e. The number of rotatable bonds is 6. The molecule has 4 aromatic rings. The van der Waals surface area contributed by atoms with Crippen LogP contribution >= 0.6 is 12.2 Å². The molecule has 3 aromatic carbocycles. The van der Waals surface area contributed by atoms with Gasteiger partial charge in [-0.1, -0.05) is 54.7 Å². The number of piperazine rings is 1. The van der Waals surface area contributed by atoms with E-state index in [2.05, 4.69) is 58.3 Å². The average Bonchev–Trinajstić information content (AvgIpc) is 3.40. The fourth-order valence-electron chi connectivity index (χ4n) is 4.34. The zero-order valence-corrected chi connectivity index (χ0v) is 20.0. The molecule has 176 valence electrons. The van der Waals surface area contributed by atoms with Gasteiger partial charge >= 0.3 is 0 Å². The van der Waals surface area contributed by atoms with Gasteiger partial charge in [0.1, 0.15) is 10.7 Å². The summed E-state index contributed by atoms with van der Waals surface area (Å²) in [6.07, 6.45) is 0.939. The van der Waals surface area contributed by atoms with E-state index in [0.29, 0.717) is 16.5 Å². The predicted octanol–water partition coefficient (Wildman–Crippen LogP) is 5.94. The van der Waals surface area contributed by atoms with Crippen LogP contribution < -0.4 is 4.90 Å². The van der Waals surface area contributed by atoms with Gasteiger partial charge in [0.05, 0.1) is 4.92 Å². The Morgan fingerprint density at radius 3 is 2.14 bits per heavy atom. The standard InChI is InChI=1S/C28H25N3O3S/c32-31(33)25-12-8-23(9-13-25)26-14-15-27(34-26)28(35)30-18-16-29(17-19-30)24-10-6-22(7-11-24)20-21-4-2-1-3-5-21/h1-15H,16-20H2. The van der Waals surface area contributed by atoms with Crippen LogP contribution in [-0.4, -0.2) is 41.0 Å². The Labute approximate surface area is 209 Å². The second kappa shape index (κ2) is 10.1. The summed E-state index contributed by atoms with van der Waals surface area (Å²) in [7, 11) is 0. The first-order valence-electron chi connectivity index (χ1n) is 11.6. The Balaban J connectivity index is 1.17. The van der Waals surface area contributed by atoms with Crippen molar-refractivity contribution in [2.45, 2.75) is 6.42 Å². The summed E-state index contributed by atoms with van der Waals surface area (Å²) < 4.78 is 5.99. The van der Waals surface area contributed by atoms with Gasteiger partial charge in [0, 0.05) is 49.6 Å². The van der Waals surface area contributed by atoms with E-state index in [-0.39, 0.29) is 5.69 Å². The lowest BCUT2D eigenvalue weighted by molar-refractivity contribution is -0.384. The van der Waals surface area contributed by atoms with Gasteiger partial charge in [0.25, 0.3) is 5.69 Å². The van der Waals surface area contributed by atoms with Crippen LogP contribution in [0.2, 0.25) is 0 Å². The van der Waals surface area contributed by atoms with Crippen LogP contribution in [-0.2, 0) is 6.42 Å². The largest absolute Gasteiger partial charge is 0.454 e. The zero-order valence-electron chi connectivity index (χ0n) is 19.2. The van der Waals surface area contributed by atoms with Gasteiger partial charge < -0.3 is 14.2 Å². The monoisotopic (exact) mass is 483 g/mol. The molecule has 6 nitrogen and oxygen atoms in total. The van der Waals surface area contributed by atoms with Crippen LogP contribution in [0.1, 0.15) is 16.9 Å². The van der Waals surface area contributed by atoms with E-state index < -0.39 is 4.92 Å². The fraction of sp³-hybridized carbons (Fsp3) is 0.179. The third-order valence-corrected chi connectivity index (χ3v) is 6.76. The van der Waals surface area contributed by atoms with Crippen molar-refractivity contribution in [1.29, 1.82) is 0 Å². The van der Waals surface area contributed by atoms with Crippen LogP contribution in [0.15, 0.2) is 95.4 Å². The lowest BCUT2D eigenvalue weighted by atomic mass is 10.0. The molecule has 0 N–H and O–H groups in total. The van der Waals surface area contributed by atoms with E-state index in [1.54, 1.807) is 12.1 Å². The predicted molar refractivity (Wildman–Crippen MR) is 142 cm³/mol. The quantitative estimate of drug-likeness (QED) is 0.192. The van der Waals surface area contributed by atoms with E-state index >= 15 is 0 Å². The number of furan rings is 1. The summed E-state index contributed by atoms with van der Waals surface area (Å²) in [4.78, 5) is 15.7. The molecule has 0 atom stereocenters. The maximum absolute atomic E-state index is 10.9. The molecule has 1 fully saturated rings. The van der Waals surface area contributed by atoms with E-state index in [1.807, 2.05) is 18.2 Å². The van der Waals surface area contributed by atoms with Crippen molar-refractivity contribution in [2.75, 3.05) is 31.1 Å². The van der Waals surface area contributed by atoms with Crippen molar-refractivity contribution in [3.05, 3.63) is 118 Å². The molecule has 35 heavy (non-hydrogen) atoms. The molecule has 0 bridgehead atoms. The molecule has 0 spiro atoms. The van der Waals surface area contributed by atoms with Crippen molar-refractivity contribution in [3.63, 3.8) is 0 Å². The normalized spacial score (nSPS) is 13.6. The number of anilines is 1.